The van der Waals surface area contributed by atoms with Gasteiger partial charge in [-0.2, -0.15) is 0 Å². The molecule has 0 aliphatic heterocycles. The van der Waals surface area contributed by atoms with Gasteiger partial charge in [-0.25, -0.2) is 14.8 Å². The molecule has 8 heteroatoms. The molecule has 0 aliphatic rings. The van der Waals surface area contributed by atoms with Crippen molar-refractivity contribution in [2.75, 3.05) is 19.0 Å². The third-order valence-electron chi connectivity index (χ3n) is 3.64. The Balaban J connectivity index is 1.97. The van der Waals surface area contributed by atoms with Crippen LogP contribution in [0, 0.1) is 0 Å². The Hall–Kier alpha value is -3.55. The lowest BCUT2D eigenvalue weighted by atomic mass is 10.1. The van der Waals surface area contributed by atoms with Crippen LogP contribution in [0.5, 0.6) is 5.75 Å². The van der Waals surface area contributed by atoms with Crippen LogP contribution >= 0.6 is 0 Å². The van der Waals surface area contributed by atoms with Crippen molar-refractivity contribution in [3.8, 4) is 17.0 Å². The first kappa shape index (κ1) is 17.3. The van der Waals surface area contributed by atoms with E-state index in [4.69, 9.17) is 4.74 Å². The molecule has 3 aromatic rings. The molecule has 0 atom stereocenters. The predicted octanol–water partition coefficient (Wildman–Crippen LogP) is 2.65. The van der Waals surface area contributed by atoms with Crippen LogP contribution in [0.2, 0.25) is 0 Å². The molecule has 132 valence electrons. The summed E-state index contributed by atoms with van der Waals surface area (Å²) in [6, 6.07) is 8.21. The van der Waals surface area contributed by atoms with E-state index in [9.17, 15) is 9.59 Å². The van der Waals surface area contributed by atoms with Crippen LogP contribution in [0.4, 0.5) is 10.6 Å². The standard InChI is InChI=1S/C18H17N5O3/c1-3-19-18(25)23-16-7-5-13-17(22-16)21-14(9-20-13)11-4-6-15(26-2)12(8-11)10-24/h4-10H,3H2,1-2H3,(H2,19,21,22,23,25). The number of hydrogen-bond acceptors (Lipinski definition) is 6. The monoisotopic (exact) mass is 351 g/mol. The fourth-order valence-electron chi connectivity index (χ4n) is 2.41. The van der Waals surface area contributed by atoms with E-state index < -0.39 is 0 Å². The topological polar surface area (TPSA) is 106 Å². The Morgan fingerprint density at radius 3 is 2.81 bits per heavy atom. The smallest absolute Gasteiger partial charge is 0.320 e. The minimum absolute atomic E-state index is 0.339. The Morgan fingerprint density at radius 1 is 1.23 bits per heavy atom. The summed E-state index contributed by atoms with van der Waals surface area (Å²) < 4.78 is 5.14. The van der Waals surface area contributed by atoms with Crippen LogP contribution in [0.15, 0.2) is 36.5 Å². The number of benzene rings is 1. The molecule has 0 radical (unpaired) electrons. The number of ether oxygens (including phenoxy) is 1. The van der Waals surface area contributed by atoms with Crippen molar-refractivity contribution in [1.29, 1.82) is 0 Å². The molecule has 0 saturated carbocycles. The van der Waals surface area contributed by atoms with Crippen LogP contribution in [-0.4, -0.2) is 40.9 Å². The van der Waals surface area contributed by atoms with Gasteiger partial charge < -0.3 is 10.1 Å². The van der Waals surface area contributed by atoms with E-state index in [2.05, 4.69) is 25.6 Å². The van der Waals surface area contributed by atoms with Gasteiger partial charge in [0.25, 0.3) is 0 Å². The van der Waals surface area contributed by atoms with Gasteiger partial charge in [0, 0.05) is 12.1 Å². The highest BCUT2D eigenvalue weighted by atomic mass is 16.5. The fraction of sp³-hybridized carbons (Fsp3) is 0.167. The maximum atomic E-state index is 11.6. The molecule has 26 heavy (non-hydrogen) atoms. The summed E-state index contributed by atoms with van der Waals surface area (Å²) in [5.74, 6) is 0.863. The van der Waals surface area contributed by atoms with Crippen molar-refractivity contribution in [2.45, 2.75) is 6.92 Å². The number of rotatable bonds is 5. The molecule has 2 N–H and O–H groups in total. The number of nitrogens with zero attached hydrogens (tertiary/aromatic N) is 3. The summed E-state index contributed by atoms with van der Waals surface area (Å²) in [5, 5.41) is 5.27. The SMILES string of the molecule is CCNC(=O)Nc1ccc2ncc(-c3ccc(OC)c(C=O)c3)nc2n1. The Morgan fingerprint density at radius 2 is 2.08 bits per heavy atom. The fourth-order valence-corrected chi connectivity index (χ4v) is 2.41. The number of urea groups is 1. The number of fused-ring (bicyclic) bond motifs is 1. The number of carbonyl (C=O) groups is 2. The van der Waals surface area contributed by atoms with Gasteiger partial charge in [0.1, 0.15) is 17.1 Å². The minimum atomic E-state index is -0.339. The third kappa shape index (κ3) is 3.59. The second-order valence-corrected chi connectivity index (χ2v) is 5.35. The van der Waals surface area contributed by atoms with Gasteiger partial charge in [0.15, 0.2) is 11.9 Å². The molecular formula is C18H17N5O3. The van der Waals surface area contributed by atoms with Gasteiger partial charge in [-0.05, 0) is 37.3 Å². The summed E-state index contributed by atoms with van der Waals surface area (Å²) in [6.45, 7) is 2.34. The van der Waals surface area contributed by atoms with E-state index in [1.807, 2.05) is 6.92 Å². The largest absolute Gasteiger partial charge is 0.496 e. The van der Waals surface area contributed by atoms with Crippen LogP contribution in [0.25, 0.3) is 22.4 Å². The highest BCUT2D eigenvalue weighted by Crippen LogP contribution is 2.25. The molecule has 0 unspecified atom stereocenters. The van der Waals surface area contributed by atoms with Gasteiger partial charge in [0.2, 0.25) is 0 Å². The van der Waals surface area contributed by atoms with Gasteiger partial charge in [0.05, 0.1) is 24.6 Å². The van der Waals surface area contributed by atoms with Crippen molar-refractivity contribution in [3.05, 3.63) is 42.1 Å². The van der Waals surface area contributed by atoms with Crippen molar-refractivity contribution in [1.82, 2.24) is 20.3 Å². The van der Waals surface area contributed by atoms with E-state index in [1.165, 1.54) is 7.11 Å². The first-order valence-electron chi connectivity index (χ1n) is 7.97. The van der Waals surface area contributed by atoms with Crippen LogP contribution in [0.3, 0.4) is 0 Å². The lowest BCUT2D eigenvalue weighted by Crippen LogP contribution is -2.28. The number of pyridine rings is 1. The summed E-state index contributed by atoms with van der Waals surface area (Å²) in [6.07, 6.45) is 2.33. The summed E-state index contributed by atoms with van der Waals surface area (Å²) in [7, 11) is 1.50. The van der Waals surface area contributed by atoms with Crippen molar-refractivity contribution >= 4 is 29.3 Å². The van der Waals surface area contributed by atoms with Gasteiger partial charge in [-0.1, -0.05) is 0 Å². The molecule has 2 amide bonds. The maximum Gasteiger partial charge on any atom is 0.320 e. The van der Waals surface area contributed by atoms with E-state index in [1.54, 1.807) is 36.5 Å². The molecule has 8 nitrogen and oxygen atoms in total. The number of hydrogen-bond donors (Lipinski definition) is 2. The lowest BCUT2D eigenvalue weighted by Gasteiger charge is -2.08. The number of methoxy groups -OCH3 is 1. The minimum Gasteiger partial charge on any atom is -0.496 e. The number of carbonyl (C=O) groups excluding carboxylic acids is 2. The maximum absolute atomic E-state index is 11.6. The van der Waals surface area contributed by atoms with E-state index in [-0.39, 0.29) is 6.03 Å². The van der Waals surface area contributed by atoms with Crippen LogP contribution < -0.4 is 15.4 Å². The average molecular weight is 351 g/mol. The Bertz CT molecular complexity index is 974. The third-order valence-corrected chi connectivity index (χ3v) is 3.64. The van der Waals surface area contributed by atoms with Gasteiger partial charge >= 0.3 is 6.03 Å². The molecule has 0 spiro atoms. The molecule has 1 aromatic carbocycles. The van der Waals surface area contributed by atoms with Gasteiger partial charge in [-0.15, -0.1) is 0 Å². The van der Waals surface area contributed by atoms with Gasteiger partial charge in [-0.3, -0.25) is 15.1 Å². The van der Waals surface area contributed by atoms with E-state index in [0.29, 0.717) is 46.1 Å². The number of nitrogens with one attached hydrogen (secondary N) is 2. The predicted molar refractivity (Wildman–Crippen MR) is 97.4 cm³/mol. The van der Waals surface area contributed by atoms with E-state index in [0.717, 1.165) is 6.29 Å². The average Bonchev–Trinajstić information content (AvgIpc) is 2.67. The molecule has 3 rings (SSSR count). The Labute approximate surface area is 149 Å². The molecule has 0 fully saturated rings. The summed E-state index contributed by atoms with van der Waals surface area (Å²) in [4.78, 5) is 36.0. The summed E-state index contributed by atoms with van der Waals surface area (Å²) in [5.41, 5.74) is 2.68. The highest BCUT2D eigenvalue weighted by molar-refractivity contribution is 5.89. The quantitative estimate of drug-likeness (QED) is 0.685. The number of aromatic nitrogens is 3. The van der Waals surface area contributed by atoms with Crippen LogP contribution in [0.1, 0.15) is 17.3 Å². The summed E-state index contributed by atoms with van der Waals surface area (Å²) >= 11 is 0. The van der Waals surface area contributed by atoms with Crippen molar-refractivity contribution < 1.29 is 14.3 Å². The van der Waals surface area contributed by atoms with Crippen molar-refractivity contribution in [2.24, 2.45) is 0 Å². The second-order valence-electron chi connectivity index (χ2n) is 5.35. The first-order chi connectivity index (χ1) is 12.6. The second kappa shape index (κ2) is 7.56. The first-order valence-corrected chi connectivity index (χ1v) is 7.97. The number of amides is 2. The van der Waals surface area contributed by atoms with Crippen molar-refractivity contribution in [3.63, 3.8) is 0 Å². The molecular weight excluding hydrogens is 334 g/mol. The van der Waals surface area contributed by atoms with Crippen LogP contribution in [-0.2, 0) is 0 Å². The highest BCUT2D eigenvalue weighted by Gasteiger charge is 2.09. The normalized spacial score (nSPS) is 10.4. The molecule has 2 heterocycles. The number of anilines is 1. The molecule has 0 aliphatic carbocycles. The zero-order valence-electron chi connectivity index (χ0n) is 14.3. The number of aldehydes is 1. The Kier molecular flexibility index (Phi) is 5.02. The molecule has 0 saturated heterocycles. The zero-order valence-corrected chi connectivity index (χ0v) is 14.3. The lowest BCUT2D eigenvalue weighted by molar-refractivity contribution is 0.112. The molecule has 0 bridgehead atoms. The molecule has 2 aromatic heterocycles. The van der Waals surface area contributed by atoms with E-state index >= 15 is 0 Å². The zero-order chi connectivity index (χ0) is 18.5.